The molecule has 1 aromatic rings. The molecule has 0 fully saturated rings. The normalized spacial score (nSPS) is 13.6. The Morgan fingerprint density at radius 2 is 0.900 bits per heavy atom. The van der Waals surface area contributed by atoms with E-state index in [9.17, 15) is 43.6 Å². The van der Waals surface area contributed by atoms with Crippen LogP contribution in [0.15, 0.2) is 18.2 Å². The zero-order valence-corrected chi connectivity index (χ0v) is 17.9. The summed E-state index contributed by atoms with van der Waals surface area (Å²) in [6, 6.07) is 2.90. The quantitative estimate of drug-likeness (QED) is 0.260. The summed E-state index contributed by atoms with van der Waals surface area (Å²) in [7, 11) is -7.60. The van der Waals surface area contributed by atoms with Gasteiger partial charge >= 0.3 is 20.0 Å². The van der Waals surface area contributed by atoms with Crippen LogP contribution in [0, 0.1) is 0 Å². The molecule has 0 saturated heterocycles. The van der Waals surface area contributed by atoms with Crippen LogP contribution in [0.2, 0.25) is 0 Å². The first-order chi connectivity index (χ1) is 12.9. The van der Waals surface area contributed by atoms with Gasteiger partial charge in [0.15, 0.2) is 0 Å². The van der Waals surface area contributed by atoms with Crippen LogP contribution in [0.4, 0.5) is 43.6 Å². The molecule has 176 valence electrons. The Morgan fingerprint density at radius 1 is 0.633 bits per heavy atom. The van der Waals surface area contributed by atoms with Crippen molar-refractivity contribution in [3.8, 4) is 11.5 Å². The molecular formula is C16H22BF10O2P. The Labute approximate surface area is 168 Å². The lowest BCUT2D eigenvalue weighted by Gasteiger charge is -2.34. The average Bonchev–Trinajstić information content (AvgIpc) is 2.26. The van der Waals surface area contributed by atoms with Crippen LogP contribution in [0.5, 0.6) is 11.5 Å². The van der Waals surface area contributed by atoms with Crippen LogP contribution >= 0.6 is 7.92 Å². The second-order valence-corrected chi connectivity index (χ2v) is 12.5. The SMILES string of the molecule is CC(C)(C)[PH+](c1cc(OC(F)(F)F)cc(OC(F)(F)F)c1)C(C)(C)C.F[B-](F)(F)F. The summed E-state index contributed by atoms with van der Waals surface area (Å²) in [6.45, 7) is 11.5. The van der Waals surface area contributed by atoms with Gasteiger partial charge in [-0.05, 0) is 41.5 Å². The van der Waals surface area contributed by atoms with Crippen molar-refractivity contribution in [1.82, 2.24) is 0 Å². The van der Waals surface area contributed by atoms with Gasteiger partial charge in [-0.3, -0.25) is 0 Å². The molecule has 0 aliphatic rings. The van der Waals surface area contributed by atoms with Gasteiger partial charge in [-0.25, -0.2) is 0 Å². The monoisotopic (exact) mass is 478 g/mol. The largest absolute Gasteiger partial charge is 0.673 e. The van der Waals surface area contributed by atoms with E-state index in [4.69, 9.17) is 0 Å². The first kappa shape index (κ1) is 28.6. The Morgan fingerprint density at radius 3 is 1.10 bits per heavy atom. The molecular weight excluding hydrogens is 456 g/mol. The number of alkyl halides is 6. The zero-order valence-electron chi connectivity index (χ0n) is 16.9. The van der Waals surface area contributed by atoms with Crippen LogP contribution in [0.3, 0.4) is 0 Å². The number of ether oxygens (including phenoxy) is 2. The maximum absolute atomic E-state index is 12.5. The van der Waals surface area contributed by atoms with Crippen LogP contribution in [-0.4, -0.2) is 30.3 Å². The van der Waals surface area contributed by atoms with E-state index < -0.39 is 39.4 Å². The molecule has 0 spiro atoms. The van der Waals surface area contributed by atoms with Gasteiger partial charge in [-0.1, -0.05) is 0 Å². The summed E-state index contributed by atoms with van der Waals surface area (Å²) >= 11 is 0. The van der Waals surface area contributed by atoms with Gasteiger partial charge in [0.25, 0.3) is 0 Å². The Balaban J connectivity index is 0.00000150. The number of halogens is 10. The number of benzene rings is 1. The predicted octanol–water partition coefficient (Wildman–Crippen LogP) is 7.22. The fourth-order valence-corrected chi connectivity index (χ4v) is 7.65. The highest BCUT2D eigenvalue weighted by Gasteiger charge is 2.45. The van der Waals surface area contributed by atoms with E-state index in [0.29, 0.717) is 11.4 Å². The topological polar surface area (TPSA) is 18.5 Å². The summed E-state index contributed by atoms with van der Waals surface area (Å²) in [6.07, 6.45) is -10.0. The number of hydrogen-bond donors (Lipinski definition) is 0. The smallest absolute Gasteiger partial charge is 0.418 e. The molecule has 1 aromatic carbocycles. The van der Waals surface area contributed by atoms with Crippen LogP contribution in [0.1, 0.15) is 41.5 Å². The molecule has 0 heterocycles. The van der Waals surface area contributed by atoms with E-state index in [1.807, 2.05) is 41.5 Å². The first-order valence-corrected chi connectivity index (χ1v) is 9.81. The Hall–Kier alpha value is -1.39. The average molecular weight is 478 g/mol. The molecule has 0 aromatic heterocycles. The second kappa shape index (κ2) is 9.40. The van der Waals surface area contributed by atoms with Crippen molar-refractivity contribution < 1.29 is 53.1 Å². The van der Waals surface area contributed by atoms with Crippen molar-refractivity contribution in [2.75, 3.05) is 0 Å². The van der Waals surface area contributed by atoms with E-state index in [-0.39, 0.29) is 10.3 Å². The van der Waals surface area contributed by atoms with Gasteiger partial charge in [0.05, 0.1) is 15.6 Å². The fourth-order valence-electron chi connectivity index (χ4n) is 3.09. The predicted molar refractivity (Wildman–Crippen MR) is 97.4 cm³/mol. The number of hydrogen-bond acceptors (Lipinski definition) is 2. The third-order valence-electron chi connectivity index (χ3n) is 3.14. The van der Waals surface area contributed by atoms with Gasteiger partial charge in [0.1, 0.15) is 11.5 Å². The van der Waals surface area contributed by atoms with Gasteiger partial charge < -0.3 is 26.7 Å². The van der Waals surface area contributed by atoms with Gasteiger partial charge in [-0.2, -0.15) is 0 Å². The zero-order chi connectivity index (χ0) is 24.3. The summed E-state index contributed by atoms with van der Waals surface area (Å²) in [4.78, 5) is 0. The molecule has 0 unspecified atom stereocenters. The van der Waals surface area contributed by atoms with Crippen LogP contribution < -0.4 is 14.8 Å². The van der Waals surface area contributed by atoms with E-state index in [0.717, 1.165) is 12.1 Å². The van der Waals surface area contributed by atoms with Crippen molar-refractivity contribution in [1.29, 1.82) is 0 Å². The van der Waals surface area contributed by atoms with E-state index >= 15 is 0 Å². The van der Waals surface area contributed by atoms with Crippen molar-refractivity contribution in [3.05, 3.63) is 18.2 Å². The minimum Gasteiger partial charge on any atom is -0.418 e. The van der Waals surface area contributed by atoms with E-state index in [1.165, 1.54) is 0 Å². The molecule has 0 radical (unpaired) electrons. The lowest BCUT2D eigenvalue weighted by molar-refractivity contribution is -0.276. The van der Waals surface area contributed by atoms with Crippen molar-refractivity contribution in [3.63, 3.8) is 0 Å². The summed E-state index contributed by atoms with van der Waals surface area (Å²) in [5.41, 5.74) is 0. The maximum Gasteiger partial charge on any atom is 0.673 e. The second-order valence-electron chi connectivity index (χ2n) is 8.16. The minimum absolute atomic E-state index is 0.324. The molecule has 0 saturated carbocycles. The molecule has 0 amide bonds. The van der Waals surface area contributed by atoms with Crippen molar-refractivity contribution in [2.24, 2.45) is 0 Å². The fraction of sp³-hybridized carbons (Fsp3) is 0.625. The molecule has 14 heteroatoms. The van der Waals surface area contributed by atoms with Crippen LogP contribution in [0.25, 0.3) is 0 Å². The highest BCUT2D eigenvalue weighted by Crippen LogP contribution is 2.58. The minimum atomic E-state index is -6.00. The number of rotatable bonds is 3. The third kappa shape index (κ3) is 13.0. The molecule has 0 N–H and O–H groups in total. The molecule has 1 rings (SSSR count). The molecule has 30 heavy (non-hydrogen) atoms. The highest BCUT2D eigenvalue weighted by molar-refractivity contribution is 7.68. The molecule has 0 atom stereocenters. The first-order valence-electron chi connectivity index (χ1n) is 8.31. The van der Waals surface area contributed by atoms with Crippen molar-refractivity contribution in [2.45, 2.75) is 64.6 Å². The van der Waals surface area contributed by atoms with Crippen LogP contribution in [-0.2, 0) is 0 Å². The summed E-state index contributed by atoms with van der Waals surface area (Å²) in [5.74, 6) is -1.44. The molecule has 0 aliphatic heterocycles. The standard InChI is InChI=1S/C16H21F6O2P.BF4/c1-13(2,3)25(14(4,5)6)12-8-10(23-15(17,18)19)7-11(9-12)24-16(20,21)22;2-1(3,4)5/h7-9H,1-6H3;/q;-1/p+1. The Bertz CT molecular complexity index is 633. The highest BCUT2D eigenvalue weighted by atomic mass is 31.1. The molecule has 2 nitrogen and oxygen atoms in total. The van der Waals surface area contributed by atoms with Gasteiger partial charge in [0.2, 0.25) is 0 Å². The molecule has 0 aliphatic carbocycles. The maximum atomic E-state index is 12.5. The van der Waals surface area contributed by atoms with E-state index in [2.05, 4.69) is 9.47 Å². The third-order valence-corrected chi connectivity index (χ3v) is 7.00. The lowest BCUT2D eigenvalue weighted by Crippen LogP contribution is -2.31. The summed E-state index contributed by atoms with van der Waals surface area (Å²) in [5, 5.41) is -0.268. The lowest BCUT2D eigenvalue weighted by atomic mass is 10.2. The van der Waals surface area contributed by atoms with Crippen molar-refractivity contribution >= 4 is 20.5 Å². The van der Waals surface area contributed by atoms with E-state index in [1.54, 1.807) is 0 Å². The summed E-state index contributed by atoms with van der Waals surface area (Å²) < 4.78 is 122. The van der Waals surface area contributed by atoms with Gasteiger partial charge in [0, 0.05) is 26.1 Å². The molecule has 0 bridgehead atoms. The van der Waals surface area contributed by atoms with Gasteiger partial charge in [-0.15, -0.1) is 26.3 Å². The Kier molecular flexibility index (Phi) is 8.97.